The molecular formula is C25H28FN3O3S. The molecule has 2 N–H and O–H groups in total. The molecule has 0 spiro atoms. The first kappa shape index (κ1) is 23.2. The summed E-state index contributed by atoms with van der Waals surface area (Å²) in [6, 6.07) is 8.61. The normalized spacial score (nSPS) is 13.8. The topological polar surface area (TPSA) is 84.3 Å². The number of carboxylic acids is 1. The maximum Gasteiger partial charge on any atom is 0.311 e. The Morgan fingerprint density at radius 2 is 2.12 bits per heavy atom. The summed E-state index contributed by atoms with van der Waals surface area (Å²) < 4.78 is 19.0. The fourth-order valence-corrected chi connectivity index (χ4v) is 5.10. The summed E-state index contributed by atoms with van der Waals surface area (Å²) >= 11 is 1.53. The van der Waals surface area contributed by atoms with Crippen molar-refractivity contribution in [2.75, 3.05) is 19.0 Å². The highest BCUT2D eigenvalue weighted by Crippen LogP contribution is 2.28. The minimum absolute atomic E-state index is 0.0984. The van der Waals surface area contributed by atoms with E-state index in [1.165, 1.54) is 36.1 Å². The number of aliphatic carboxylic acids is 1. The van der Waals surface area contributed by atoms with Crippen LogP contribution in [-0.4, -0.2) is 34.7 Å². The lowest BCUT2D eigenvalue weighted by Gasteiger charge is -2.17. The summed E-state index contributed by atoms with van der Waals surface area (Å²) in [5, 5.41) is 13.8. The number of fused-ring (bicyclic) bond motifs is 1. The Bertz CT molecular complexity index is 1120. The number of ether oxygens (including phenoxy) is 1. The molecule has 3 heterocycles. The number of hydrogen-bond acceptors (Lipinski definition) is 6. The van der Waals surface area contributed by atoms with Crippen molar-refractivity contribution in [1.82, 2.24) is 9.97 Å². The summed E-state index contributed by atoms with van der Waals surface area (Å²) in [5.74, 6) is -1.28. The Labute approximate surface area is 196 Å². The number of nitrogens with one attached hydrogen (secondary N) is 1. The third-order valence-corrected chi connectivity index (χ3v) is 6.99. The van der Waals surface area contributed by atoms with Crippen LogP contribution in [0.3, 0.4) is 0 Å². The quantitative estimate of drug-likeness (QED) is 0.406. The third-order valence-electron chi connectivity index (χ3n) is 5.91. The van der Waals surface area contributed by atoms with Crippen LogP contribution in [0.15, 0.2) is 36.5 Å². The van der Waals surface area contributed by atoms with Gasteiger partial charge in [-0.15, -0.1) is 11.3 Å². The summed E-state index contributed by atoms with van der Waals surface area (Å²) in [6.45, 7) is 0.993. The van der Waals surface area contributed by atoms with Crippen LogP contribution in [0.5, 0.6) is 5.75 Å². The number of aromatic nitrogens is 2. The number of thiazole rings is 1. The Morgan fingerprint density at radius 3 is 2.91 bits per heavy atom. The average molecular weight is 470 g/mol. The van der Waals surface area contributed by atoms with E-state index in [-0.39, 0.29) is 12.2 Å². The zero-order valence-electron chi connectivity index (χ0n) is 18.6. The second kappa shape index (κ2) is 10.7. The zero-order chi connectivity index (χ0) is 23.2. The van der Waals surface area contributed by atoms with E-state index < -0.39 is 17.7 Å². The van der Waals surface area contributed by atoms with Crippen LogP contribution in [-0.2, 0) is 30.5 Å². The number of benzene rings is 1. The van der Waals surface area contributed by atoms with Gasteiger partial charge in [0.15, 0.2) is 11.6 Å². The molecule has 1 aliphatic rings. The van der Waals surface area contributed by atoms with Gasteiger partial charge in [0.1, 0.15) is 5.82 Å². The summed E-state index contributed by atoms with van der Waals surface area (Å²) in [6.07, 6.45) is 8.20. The Balaban J connectivity index is 1.30. The zero-order valence-corrected chi connectivity index (χ0v) is 19.5. The van der Waals surface area contributed by atoms with Crippen LogP contribution in [0.25, 0.3) is 0 Å². The highest BCUT2D eigenvalue weighted by atomic mass is 32.1. The summed E-state index contributed by atoms with van der Waals surface area (Å²) in [5.41, 5.74) is 2.83. The summed E-state index contributed by atoms with van der Waals surface area (Å²) in [7, 11) is 1.38. The van der Waals surface area contributed by atoms with Gasteiger partial charge in [0.05, 0.1) is 18.0 Å². The van der Waals surface area contributed by atoms with Crippen molar-refractivity contribution in [3.8, 4) is 5.75 Å². The lowest BCUT2D eigenvalue weighted by Crippen LogP contribution is -2.14. The number of halogens is 1. The van der Waals surface area contributed by atoms with Crippen LogP contribution in [0.2, 0.25) is 0 Å². The molecule has 0 radical (unpaired) electrons. The van der Waals surface area contributed by atoms with Crippen molar-refractivity contribution in [3.05, 3.63) is 69.1 Å². The first-order valence-corrected chi connectivity index (χ1v) is 12.1. The fraction of sp³-hybridized carbons (Fsp3) is 0.400. The van der Waals surface area contributed by atoms with E-state index in [0.717, 1.165) is 66.5 Å². The molecule has 6 nitrogen and oxygen atoms in total. The van der Waals surface area contributed by atoms with Crippen molar-refractivity contribution in [3.63, 3.8) is 0 Å². The SMILES string of the molecule is COc1ccc([C@@H](Cc2ncc(CCCCc3ccc4c(n3)NCCC4)s2)C(=O)O)cc1F. The maximum atomic E-state index is 14.1. The van der Waals surface area contributed by atoms with Gasteiger partial charge >= 0.3 is 5.97 Å². The second-order valence-electron chi connectivity index (χ2n) is 8.26. The molecule has 0 unspecified atom stereocenters. The molecule has 8 heteroatoms. The Kier molecular flexibility index (Phi) is 7.54. The van der Waals surface area contributed by atoms with Crippen molar-refractivity contribution in [1.29, 1.82) is 0 Å². The molecule has 0 saturated carbocycles. The highest BCUT2D eigenvalue weighted by Gasteiger charge is 2.23. The number of unbranched alkanes of at least 4 members (excludes halogenated alkanes) is 1. The number of anilines is 1. The molecule has 0 fully saturated rings. The number of hydrogen-bond donors (Lipinski definition) is 2. The van der Waals surface area contributed by atoms with E-state index in [0.29, 0.717) is 5.56 Å². The van der Waals surface area contributed by atoms with Gasteiger partial charge < -0.3 is 15.2 Å². The minimum atomic E-state index is -0.997. The number of carbonyl (C=O) groups is 1. The average Bonchev–Trinajstić information content (AvgIpc) is 3.27. The number of carboxylic acid groups (broad SMARTS) is 1. The molecule has 0 amide bonds. The lowest BCUT2D eigenvalue weighted by molar-refractivity contribution is -0.138. The van der Waals surface area contributed by atoms with Gasteiger partial charge in [0.25, 0.3) is 0 Å². The predicted octanol–water partition coefficient (Wildman–Crippen LogP) is 5.02. The number of pyridine rings is 1. The van der Waals surface area contributed by atoms with Crippen LogP contribution < -0.4 is 10.1 Å². The van der Waals surface area contributed by atoms with Crippen LogP contribution in [0.1, 0.15) is 51.9 Å². The first-order valence-electron chi connectivity index (χ1n) is 11.3. The van der Waals surface area contributed by atoms with E-state index in [1.54, 1.807) is 6.07 Å². The molecule has 1 atom stereocenters. The van der Waals surface area contributed by atoms with Crippen LogP contribution in [0.4, 0.5) is 10.2 Å². The molecule has 174 valence electrons. The highest BCUT2D eigenvalue weighted by molar-refractivity contribution is 7.11. The molecular weight excluding hydrogens is 441 g/mol. The van der Waals surface area contributed by atoms with E-state index in [4.69, 9.17) is 9.72 Å². The fourth-order valence-electron chi connectivity index (χ4n) is 4.09. The van der Waals surface area contributed by atoms with Gasteiger partial charge in [0.2, 0.25) is 0 Å². The molecule has 1 aromatic carbocycles. The predicted molar refractivity (Wildman–Crippen MR) is 127 cm³/mol. The largest absolute Gasteiger partial charge is 0.494 e. The number of aryl methyl sites for hydroxylation is 3. The molecule has 0 bridgehead atoms. The maximum absolute atomic E-state index is 14.1. The summed E-state index contributed by atoms with van der Waals surface area (Å²) in [4.78, 5) is 22.1. The monoisotopic (exact) mass is 469 g/mol. The molecule has 0 aliphatic carbocycles. The van der Waals surface area contributed by atoms with Gasteiger partial charge in [-0.2, -0.15) is 0 Å². The molecule has 2 aromatic heterocycles. The lowest BCUT2D eigenvalue weighted by atomic mass is 9.96. The van der Waals surface area contributed by atoms with E-state index >= 15 is 0 Å². The number of methoxy groups -OCH3 is 1. The van der Waals surface area contributed by atoms with E-state index in [2.05, 4.69) is 22.4 Å². The van der Waals surface area contributed by atoms with Gasteiger partial charge in [-0.3, -0.25) is 4.79 Å². The van der Waals surface area contributed by atoms with Gasteiger partial charge in [-0.05, 0) is 67.9 Å². The molecule has 0 saturated heterocycles. The van der Waals surface area contributed by atoms with Crippen molar-refractivity contribution in [2.45, 2.75) is 50.9 Å². The molecule has 33 heavy (non-hydrogen) atoms. The van der Waals surface area contributed by atoms with Gasteiger partial charge in [-0.25, -0.2) is 14.4 Å². The molecule has 4 rings (SSSR count). The standard InChI is InChI=1S/C25H28FN3O3S/c1-32-22-11-9-17(13-21(22)26)20(25(30)31)14-23-28-15-19(33-23)7-3-2-6-18-10-8-16-5-4-12-27-24(16)29-18/h8-11,13,15,20H,2-7,12,14H2,1H3,(H,27,29)(H,30,31)/t20-/m1/s1. The van der Waals surface area contributed by atoms with Crippen molar-refractivity contribution in [2.24, 2.45) is 0 Å². The van der Waals surface area contributed by atoms with E-state index in [1.807, 2.05) is 6.20 Å². The van der Waals surface area contributed by atoms with Crippen LogP contribution >= 0.6 is 11.3 Å². The number of nitrogens with zero attached hydrogens (tertiary/aromatic N) is 2. The minimum Gasteiger partial charge on any atom is -0.494 e. The first-order chi connectivity index (χ1) is 16.0. The van der Waals surface area contributed by atoms with Gasteiger partial charge in [0, 0.05) is 29.7 Å². The Hall–Kier alpha value is -3.00. The third kappa shape index (κ3) is 5.87. The number of rotatable bonds is 10. The van der Waals surface area contributed by atoms with Crippen molar-refractivity contribution >= 4 is 23.1 Å². The molecule has 1 aliphatic heterocycles. The van der Waals surface area contributed by atoms with Gasteiger partial charge in [-0.1, -0.05) is 12.1 Å². The smallest absolute Gasteiger partial charge is 0.311 e. The van der Waals surface area contributed by atoms with Crippen molar-refractivity contribution < 1.29 is 19.0 Å². The Morgan fingerprint density at radius 1 is 1.27 bits per heavy atom. The molecule has 3 aromatic rings. The second-order valence-corrected chi connectivity index (χ2v) is 9.46. The van der Waals surface area contributed by atoms with Crippen LogP contribution in [0, 0.1) is 5.82 Å². The van der Waals surface area contributed by atoms with E-state index in [9.17, 15) is 14.3 Å².